The van der Waals surface area contributed by atoms with Gasteiger partial charge >= 0.3 is 0 Å². The Balaban J connectivity index is 4.04. The van der Waals surface area contributed by atoms with Crippen LogP contribution in [0, 0.1) is 0 Å². The summed E-state index contributed by atoms with van der Waals surface area (Å²) in [6, 6.07) is 0. The lowest BCUT2D eigenvalue weighted by atomic mass is 10.0. The molecule has 0 unspecified atom stereocenters. The molecule has 0 saturated carbocycles. The highest BCUT2D eigenvalue weighted by Crippen LogP contribution is 2.00. The van der Waals surface area contributed by atoms with E-state index in [4.69, 9.17) is 0 Å². The SMILES string of the molecule is CC(=O)CC(=O)CC(=O)CC(=O)CC(=O)CC=O. The molecular weight excluding hydrogens is 240 g/mol. The average molecular weight is 254 g/mol. The summed E-state index contributed by atoms with van der Waals surface area (Å²) in [4.78, 5) is 65.1. The third-order valence-corrected chi connectivity index (χ3v) is 1.94. The van der Waals surface area contributed by atoms with Gasteiger partial charge in [-0.15, -0.1) is 0 Å². The highest BCUT2D eigenvalue weighted by atomic mass is 16.2. The molecule has 0 aromatic heterocycles. The maximum absolute atomic E-state index is 11.3. The molecule has 0 N–H and O–H groups in total. The number of hydrogen-bond donors (Lipinski definition) is 0. The zero-order valence-corrected chi connectivity index (χ0v) is 10.1. The van der Waals surface area contributed by atoms with Gasteiger partial charge in [0.25, 0.3) is 0 Å². The van der Waals surface area contributed by atoms with E-state index in [1.807, 2.05) is 0 Å². The summed E-state index contributed by atoms with van der Waals surface area (Å²) in [5, 5.41) is 0. The smallest absolute Gasteiger partial charge is 0.147 e. The second-order valence-electron chi connectivity index (χ2n) is 3.93. The van der Waals surface area contributed by atoms with Gasteiger partial charge in [-0.3, -0.25) is 24.0 Å². The van der Waals surface area contributed by atoms with E-state index < -0.39 is 42.4 Å². The molecule has 0 aliphatic carbocycles. The Kier molecular flexibility index (Phi) is 7.26. The second-order valence-corrected chi connectivity index (χ2v) is 3.93. The Hall–Kier alpha value is -1.98. The van der Waals surface area contributed by atoms with Gasteiger partial charge in [0.1, 0.15) is 35.2 Å². The monoisotopic (exact) mass is 254 g/mol. The first-order valence-electron chi connectivity index (χ1n) is 5.35. The molecule has 0 aliphatic rings. The molecule has 0 bridgehead atoms. The van der Waals surface area contributed by atoms with Crippen molar-refractivity contribution in [3.8, 4) is 0 Å². The van der Waals surface area contributed by atoms with Crippen LogP contribution in [0.2, 0.25) is 0 Å². The lowest BCUT2D eigenvalue weighted by Gasteiger charge is -1.99. The van der Waals surface area contributed by atoms with E-state index in [9.17, 15) is 28.8 Å². The van der Waals surface area contributed by atoms with Crippen LogP contribution < -0.4 is 0 Å². The molecule has 18 heavy (non-hydrogen) atoms. The third-order valence-electron chi connectivity index (χ3n) is 1.94. The first-order chi connectivity index (χ1) is 8.35. The van der Waals surface area contributed by atoms with Gasteiger partial charge in [-0.05, 0) is 6.92 Å². The van der Waals surface area contributed by atoms with Gasteiger partial charge in [-0.2, -0.15) is 0 Å². The zero-order valence-electron chi connectivity index (χ0n) is 10.1. The number of ketones is 5. The molecule has 0 amide bonds. The van der Waals surface area contributed by atoms with Crippen LogP contribution in [0.25, 0.3) is 0 Å². The Morgan fingerprint density at radius 2 is 1.11 bits per heavy atom. The molecule has 0 aromatic carbocycles. The van der Waals surface area contributed by atoms with Gasteiger partial charge in [-0.1, -0.05) is 0 Å². The molecule has 0 fully saturated rings. The number of Topliss-reactive ketones (excluding diaryl/α,β-unsaturated/α-hetero) is 5. The average Bonchev–Trinajstić information content (AvgIpc) is 2.14. The molecule has 0 atom stereocenters. The quantitative estimate of drug-likeness (QED) is 0.401. The van der Waals surface area contributed by atoms with Crippen molar-refractivity contribution in [1.29, 1.82) is 0 Å². The van der Waals surface area contributed by atoms with Crippen molar-refractivity contribution >= 4 is 35.2 Å². The Labute approximate surface area is 104 Å². The van der Waals surface area contributed by atoms with Crippen LogP contribution in [0.15, 0.2) is 0 Å². The summed E-state index contributed by atoms with van der Waals surface area (Å²) >= 11 is 0. The molecule has 6 heteroatoms. The topological polar surface area (TPSA) is 102 Å². The van der Waals surface area contributed by atoms with Gasteiger partial charge in [0, 0.05) is 0 Å². The summed E-state index contributed by atoms with van der Waals surface area (Å²) in [6.07, 6.45) is -1.78. The Bertz CT molecular complexity index is 393. The predicted molar refractivity (Wildman–Crippen MR) is 59.9 cm³/mol. The molecular formula is C12H14O6. The normalized spacial score (nSPS) is 9.61. The fraction of sp³-hybridized carbons (Fsp3) is 0.500. The van der Waals surface area contributed by atoms with Crippen LogP contribution in [0.4, 0.5) is 0 Å². The summed E-state index contributed by atoms with van der Waals surface area (Å²) in [6.45, 7) is 1.23. The van der Waals surface area contributed by atoms with Crippen LogP contribution >= 0.6 is 0 Å². The van der Waals surface area contributed by atoms with Gasteiger partial charge < -0.3 is 4.79 Å². The summed E-state index contributed by atoms with van der Waals surface area (Å²) in [5.74, 6) is -2.69. The van der Waals surface area contributed by atoms with Crippen molar-refractivity contribution < 1.29 is 28.8 Å². The van der Waals surface area contributed by atoms with Gasteiger partial charge in [0.15, 0.2) is 0 Å². The van der Waals surface area contributed by atoms with Crippen LogP contribution in [-0.2, 0) is 28.8 Å². The van der Waals surface area contributed by atoms with Crippen LogP contribution in [0.1, 0.15) is 39.0 Å². The van der Waals surface area contributed by atoms with Crippen LogP contribution in [-0.4, -0.2) is 35.2 Å². The van der Waals surface area contributed by atoms with E-state index in [1.54, 1.807) is 0 Å². The number of carbonyl (C=O) groups excluding carboxylic acids is 6. The largest absolute Gasteiger partial charge is 0.303 e. The molecule has 0 radical (unpaired) electrons. The van der Waals surface area contributed by atoms with Crippen molar-refractivity contribution in [3.05, 3.63) is 0 Å². The van der Waals surface area contributed by atoms with Gasteiger partial charge in [0.05, 0.1) is 32.1 Å². The van der Waals surface area contributed by atoms with Crippen LogP contribution in [0.5, 0.6) is 0 Å². The second kappa shape index (κ2) is 8.16. The van der Waals surface area contributed by atoms with E-state index in [0.29, 0.717) is 6.29 Å². The minimum Gasteiger partial charge on any atom is -0.303 e. The van der Waals surface area contributed by atoms with Gasteiger partial charge in [0.2, 0.25) is 0 Å². The molecule has 98 valence electrons. The maximum Gasteiger partial charge on any atom is 0.147 e. The molecule has 0 rings (SSSR count). The van der Waals surface area contributed by atoms with Crippen molar-refractivity contribution in [2.45, 2.75) is 39.0 Å². The minimum atomic E-state index is -0.623. The van der Waals surface area contributed by atoms with Crippen LogP contribution in [0.3, 0.4) is 0 Å². The van der Waals surface area contributed by atoms with E-state index in [2.05, 4.69) is 0 Å². The van der Waals surface area contributed by atoms with E-state index in [1.165, 1.54) is 6.92 Å². The Morgan fingerprint density at radius 1 is 0.722 bits per heavy atom. The Morgan fingerprint density at radius 3 is 1.50 bits per heavy atom. The molecule has 0 spiro atoms. The van der Waals surface area contributed by atoms with Crippen molar-refractivity contribution in [3.63, 3.8) is 0 Å². The van der Waals surface area contributed by atoms with Crippen molar-refractivity contribution in [1.82, 2.24) is 0 Å². The molecule has 0 aliphatic heterocycles. The lowest BCUT2D eigenvalue weighted by Crippen LogP contribution is -2.16. The third kappa shape index (κ3) is 8.20. The summed E-state index contributed by atoms with van der Waals surface area (Å²) < 4.78 is 0. The first kappa shape index (κ1) is 16.0. The number of aldehydes is 1. The van der Waals surface area contributed by atoms with Crippen molar-refractivity contribution in [2.24, 2.45) is 0 Å². The highest BCUT2D eigenvalue weighted by Gasteiger charge is 2.16. The molecule has 0 saturated heterocycles. The van der Waals surface area contributed by atoms with E-state index >= 15 is 0 Å². The molecule has 0 heterocycles. The highest BCUT2D eigenvalue weighted by molar-refractivity contribution is 6.14. The molecule has 6 nitrogen and oxygen atoms in total. The van der Waals surface area contributed by atoms with E-state index in [-0.39, 0.29) is 18.6 Å². The molecule has 0 aromatic rings. The fourth-order valence-corrected chi connectivity index (χ4v) is 1.29. The van der Waals surface area contributed by atoms with Gasteiger partial charge in [-0.25, -0.2) is 0 Å². The first-order valence-corrected chi connectivity index (χ1v) is 5.35. The summed E-state index contributed by atoms with van der Waals surface area (Å²) in [5.41, 5.74) is 0. The minimum absolute atomic E-state index is 0.329. The number of hydrogen-bond acceptors (Lipinski definition) is 6. The lowest BCUT2D eigenvalue weighted by molar-refractivity contribution is -0.131. The fourth-order valence-electron chi connectivity index (χ4n) is 1.29. The standard InChI is InChI=1S/C12H14O6/c1-8(14)4-10(16)6-12(18)7-11(17)5-9(15)2-3-13/h3H,2,4-7H2,1H3. The summed E-state index contributed by atoms with van der Waals surface area (Å²) in [7, 11) is 0. The number of carbonyl (C=O) groups is 6. The van der Waals surface area contributed by atoms with E-state index in [0.717, 1.165) is 0 Å². The zero-order chi connectivity index (χ0) is 14.1. The maximum atomic E-state index is 11.3. The number of rotatable bonds is 10. The predicted octanol–water partition coefficient (Wildman–Crippen LogP) is 0.00120. The van der Waals surface area contributed by atoms with Crippen molar-refractivity contribution in [2.75, 3.05) is 0 Å².